The Bertz CT molecular complexity index is 770. The largest absolute Gasteiger partial charge is 0.312 e. The average Bonchev–Trinajstić information content (AvgIpc) is 3.17. The Hall–Kier alpha value is -1.70. The molecule has 0 bridgehead atoms. The monoisotopic (exact) mass is 336 g/mol. The summed E-state index contributed by atoms with van der Waals surface area (Å²) in [5.74, 6) is 0.122. The fourth-order valence-corrected chi connectivity index (χ4v) is 4.48. The van der Waals surface area contributed by atoms with Crippen molar-refractivity contribution in [2.45, 2.75) is 23.6 Å². The third kappa shape index (κ3) is 3.21. The van der Waals surface area contributed by atoms with Gasteiger partial charge in [0.1, 0.15) is 4.21 Å². The summed E-state index contributed by atoms with van der Waals surface area (Å²) in [4.78, 5) is 13.5. The highest BCUT2D eigenvalue weighted by molar-refractivity contribution is 7.91. The van der Waals surface area contributed by atoms with E-state index in [1.807, 2.05) is 24.3 Å². The fraction of sp³-hybridized carbons (Fsp3) is 0.267. The Labute approximate surface area is 133 Å². The van der Waals surface area contributed by atoms with Crippen molar-refractivity contribution in [3.8, 4) is 0 Å². The third-order valence-electron chi connectivity index (χ3n) is 3.52. The Balaban J connectivity index is 1.72. The van der Waals surface area contributed by atoms with E-state index in [1.54, 1.807) is 22.4 Å². The summed E-state index contributed by atoms with van der Waals surface area (Å²) >= 11 is 1.19. The highest BCUT2D eigenvalue weighted by Crippen LogP contribution is 2.22. The molecule has 0 unspecified atom stereocenters. The molecule has 0 radical (unpaired) electrons. The van der Waals surface area contributed by atoms with Crippen LogP contribution in [0.1, 0.15) is 18.4 Å². The predicted molar refractivity (Wildman–Crippen MR) is 86.4 cm³/mol. The molecule has 0 atom stereocenters. The molecule has 116 valence electrons. The Morgan fingerprint density at radius 3 is 2.77 bits per heavy atom. The normalized spacial score (nSPS) is 15.5. The first-order chi connectivity index (χ1) is 10.6. The van der Waals surface area contributed by atoms with Gasteiger partial charge in [-0.1, -0.05) is 18.2 Å². The summed E-state index contributed by atoms with van der Waals surface area (Å²) in [5, 5.41) is 1.73. The lowest BCUT2D eigenvalue weighted by molar-refractivity contribution is -0.117. The van der Waals surface area contributed by atoms with Gasteiger partial charge in [-0.15, -0.1) is 11.3 Å². The summed E-state index contributed by atoms with van der Waals surface area (Å²) in [6, 6.07) is 10.7. The molecule has 22 heavy (non-hydrogen) atoms. The van der Waals surface area contributed by atoms with Crippen molar-refractivity contribution in [3.63, 3.8) is 0 Å². The van der Waals surface area contributed by atoms with E-state index < -0.39 is 10.0 Å². The van der Waals surface area contributed by atoms with Gasteiger partial charge >= 0.3 is 0 Å². The minimum atomic E-state index is -3.47. The van der Waals surface area contributed by atoms with Gasteiger partial charge in [0.15, 0.2) is 0 Å². The number of hydrogen-bond acceptors (Lipinski definition) is 4. The molecule has 2 aromatic rings. The first-order valence-corrected chi connectivity index (χ1v) is 9.35. The quantitative estimate of drug-likeness (QED) is 0.911. The number of hydrogen-bond donors (Lipinski definition) is 1. The van der Waals surface area contributed by atoms with Crippen LogP contribution in [0.3, 0.4) is 0 Å². The SMILES string of the molecule is O=C1CCCN1c1cccc(CNS(=O)(=O)c2cccs2)c1. The van der Waals surface area contributed by atoms with Gasteiger partial charge in [-0.2, -0.15) is 0 Å². The Kier molecular flexibility index (Phi) is 4.28. The first-order valence-electron chi connectivity index (χ1n) is 6.99. The molecule has 0 aliphatic carbocycles. The molecule has 0 spiro atoms. The number of rotatable bonds is 5. The molecule has 1 fully saturated rings. The van der Waals surface area contributed by atoms with Crippen LogP contribution in [-0.4, -0.2) is 20.9 Å². The number of anilines is 1. The van der Waals surface area contributed by atoms with Crippen molar-refractivity contribution >= 4 is 33.0 Å². The van der Waals surface area contributed by atoms with E-state index >= 15 is 0 Å². The predicted octanol–water partition coefficient (Wildman–Crippen LogP) is 2.35. The molecular formula is C15H16N2O3S2. The lowest BCUT2D eigenvalue weighted by atomic mass is 10.2. The molecule has 1 saturated heterocycles. The Morgan fingerprint density at radius 2 is 2.09 bits per heavy atom. The van der Waals surface area contributed by atoms with Crippen LogP contribution < -0.4 is 9.62 Å². The van der Waals surface area contributed by atoms with Crippen LogP contribution in [0.25, 0.3) is 0 Å². The van der Waals surface area contributed by atoms with Crippen molar-refractivity contribution in [3.05, 3.63) is 47.3 Å². The average molecular weight is 336 g/mol. The molecule has 1 aromatic carbocycles. The summed E-state index contributed by atoms with van der Waals surface area (Å²) in [6.07, 6.45) is 1.45. The molecule has 1 aliphatic heterocycles. The van der Waals surface area contributed by atoms with Gasteiger partial charge in [-0.3, -0.25) is 4.79 Å². The zero-order valence-corrected chi connectivity index (χ0v) is 13.5. The zero-order chi connectivity index (χ0) is 15.6. The van der Waals surface area contributed by atoms with Crippen LogP contribution in [0, 0.1) is 0 Å². The molecule has 1 amide bonds. The fourth-order valence-electron chi connectivity index (χ4n) is 2.42. The maximum absolute atomic E-state index is 12.1. The van der Waals surface area contributed by atoms with E-state index in [-0.39, 0.29) is 12.5 Å². The molecule has 2 heterocycles. The van der Waals surface area contributed by atoms with Gasteiger partial charge in [0.2, 0.25) is 15.9 Å². The number of benzene rings is 1. The number of nitrogens with one attached hydrogen (secondary N) is 1. The minimum Gasteiger partial charge on any atom is -0.312 e. The van der Waals surface area contributed by atoms with Crippen LogP contribution in [0.2, 0.25) is 0 Å². The van der Waals surface area contributed by atoms with E-state index in [1.165, 1.54) is 11.3 Å². The van der Waals surface area contributed by atoms with Crippen LogP contribution in [0.5, 0.6) is 0 Å². The number of carbonyl (C=O) groups is 1. The van der Waals surface area contributed by atoms with Crippen LogP contribution in [0.15, 0.2) is 46.0 Å². The van der Waals surface area contributed by atoms with Crippen molar-refractivity contribution in [1.29, 1.82) is 0 Å². The zero-order valence-electron chi connectivity index (χ0n) is 11.9. The van der Waals surface area contributed by atoms with E-state index in [0.29, 0.717) is 10.6 Å². The smallest absolute Gasteiger partial charge is 0.250 e. The number of carbonyl (C=O) groups excluding carboxylic acids is 1. The van der Waals surface area contributed by atoms with Gasteiger partial charge in [0.25, 0.3) is 0 Å². The molecule has 1 aliphatic rings. The second-order valence-corrected chi connectivity index (χ2v) is 8.02. The number of amides is 1. The third-order valence-corrected chi connectivity index (χ3v) is 6.32. The van der Waals surface area contributed by atoms with Gasteiger partial charge in [-0.05, 0) is 35.6 Å². The number of thiophene rings is 1. The second kappa shape index (κ2) is 6.20. The van der Waals surface area contributed by atoms with Crippen LogP contribution in [-0.2, 0) is 21.4 Å². The van der Waals surface area contributed by atoms with Gasteiger partial charge in [0.05, 0.1) is 0 Å². The van der Waals surface area contributed by atoms with Crippen LogP contribution in [0.4, 0.5) is 5.69 Å². The molecule has 1 aromatic heterocycles. The summed E-state index contributed by atoms with van der Waals surface area (Å²) in [6.45, 7) is 0.930. The topological polar surface area (TPSA) is 66.5 Å². The molecule has 1 N–H and O–H groups in total. The molecule has 0 saturated carbocycles. The number of nitrogens with zero attached hydrogens (tertiary/aromatic N) is 1. The molecule has 3 rings (SSSR count). The van der Waals surface area contributed by atoms with E-state index in [2.05, 4.69) is 4.72 Å². The number of sulfonamides is 1. The lowest BCUT2D eigenvalue weighted by Crippen LogP contribution is -2.25. The highest BCUT2D eigenvalue weighted by atomic mass is 32.2. The first kappa shape index (κ1) is 15.2. The lowest BCUT2D eigenvalue weighted by Gasteiger charge is -2.16. The molecular weight excluding hydrogens is 320 g/mol. The molecule has 5 nitrogen and oxygen atoms in total. The van der Waals surface area contributed by atoms with Gasteiger partial charge in [0, 0.05) is 25.2 Å². The van der Waals surface area contributed by atoms with E-state index in [4.69, 9.17) is 0 Å². The maximum atomic E-state index is 12.1. The van der Waals surface area contributed by atoms with Crippen molar-refractivity contribution in [2.75, 3.05) is 11.4 Å². The summed E-state index contributed by atoms with van der Waals surface area (Å²) in [7, 11) is -3.47. The molecule has 7 heteroatoms. The van der Waals surface area contributed by atoms with Crippen molar-refractivity contribution < 1.29 is 13.2 Å². The second-order valence-electron chi connectivity index (χ2n) is 5.08. The Morgan fingerprint density at radius 1 is 1.23 bits per heavy atom. The highest BCUT2D eigenvalue weighted by Gasteiger charge is 2.22. The summed E-state index contributed by atoms with van der Waals surface area (Å²) < 4.78 is 27.1. The van der Waals surface area contributed by atoms with Gasteiger partial charge in [-0.25, -0.2) is 13.1 Å². The van der Waals surface area contributed by atoms with E-state index in [0.717, 1.165) is 24.2 Å². The van der Waals surface area contributed by atoms with Crippen LogP contribution >= 0.6 is 11.3 Å². The van der Waals surface area contributed by atoms with E-state index in [9.17, 15) is 13.2 Å². The minimum absolute atomic E-state index is 0.122. The maximum Gasteiger partial charge on any atom is 0.250 e. The van der Waals surface area contributed by atoms with Gasteiger partial charge < -0.3 is 4.90 Å². The standard InChI is InChI=1S/C15H16N2O3S2/c18-14-6-2-8-17(14)13-5-1-4-12(10-13)11-16-22(19,20)15-7-3-9-21-15/h1,3-5,7,9-10,16H,2,6,8,11H2. The van der Waals surface area contributed by atoms with Crippen molar-refractivity contribution in [2.24, 2.45) is 0 Å². The van der Waals surface area contributed by atoms with Crippen molar-refractivity contribution in [1.82, 2.24) is 4.72 Å². The summed E-state index contributed by atoms with van der Waals surface area (Å²) in [5.41, 5.74) is 1.66.